The van der Waals surface area contributed by atoms with Crippen LogP contribution in [0.3, 0.4) is 0 Å². The summed E-state index contributed by atoms with van der Waals surface area (Å²) in [5.41, 5.74) is 1.15. The molecule has 1 aromatic heterocycles. The SMILES string of the molecule is CC(NC(=O)C(c1cc(F)cc(F)c1)c1cc(F)cc(F)c1)C(=O)Nc1cc(-c2ccccc2)[nH]n1. The fraction of sp³-hybridized carbons (Fsp3) is 0.115. The van der Waals surface area contributed by atoms with Gasteiger partial charge in [0.2, 0.25) is 11.8 Å². The zero-order chi connectivity index (χ0) is 25.8. The maximum Gasteiger partial charge on any atom is 0.247 e. The molecule has 184 valence electrons. The number of aromatic nitrogens is 2. The molecule has 3 aromatic carbocycles. The van der Waals surface area contributed by atoms with E-state index in [1.807, 2.05) is 30.3 Å². The number of amides is 2. The fourth-order valence-electron chi connectivity index (χ4n) is 3.73. The normalized spacial score (nSPS) is 11.8. The van der Waals surface area contributed by atoms with E-state index in [9.17, 15) is 27.2 Å². The number of nitrogens with one attached hydrogen (secondary N) is 3. The summed E-state index contributed by atoms with van der Waals surface area (Å²) in [6.07, 6.45) is 0. The third-order valence-corrected chi connectivity index (χ3v) is 5.36. The number of rotatable bonds is 7. The van der Waals surface area contributed by atoms with E-state index in [0.717, 1.165) is 29.8 Å². The van der Waals surface area contributed by atoms with Crippen LogP contribution in [0.1, 0.15) is 24.0 Å². The van der Waals surface area contributed by atoms with E-state index < -0.39 is 47.0 Å². The maximum absolute atomic E-state index is 13.9. The predicted octanol–water partition coefficient (Wildman–Crippen LogP) is 4.91. The number of H-pyrrole nitrogens is 1. The Kier molecular flexibility index (Phi) is 7.14. The summed E-state index contributed by atoms with van der Waals surface area (Å²) < 4.78 is 55.6. The average molecular weight is 496 g/mol. The predicted molar refractivity (Wildman–Crippen MR) is 125 cm³/mol. The lowest BCUT2D eigenvalue weighted by Gasteiger charge is -2.21. The monoisotopic (exact) mass is 496 g/mol. The van der Waals surface area contributed by atoms with Crippen LogP contribution in [0.4, 0.5) is 23.4 Å². The van der Waals surface area contributed by atoms with Crippen LogP contribution >= 0.6 is 0 Å². The van der Waals surface area contributed by atoms with Gasteiger partial charge < -0.3 is 10.6 Å². The van der Waals surface area contributed by atoms with Gasteiger partial charge in [-0.15, -0.1) is 0 Å². The van der Waals surface area contributed by atoms with E-state index in [-0.39, 0.29) is 16.9 Å². The highest BCUT2D eigenvalue weighted by Gasteiger charge is 2.28. The Labute approximate surface area is 203 Å². The maximum atomic E-state index is 13.9. The van der Waals surface area contributed by atoms with Crippen molar-refractivity contribution in [1.29, 1.82) is 0 Å². The van der Waals surface area contributed by atoms with Crippen LogP contribution < -0.4 is 10.6 Å². The summed E-state index contributed by atoms with van der Waals surface area (Å²) in [7, 11) is 0. The molecule has 0 fully saturated rings. The van der Waals surface area contributed by atoms with Crippen LogP contribution in [-0.4, -0.2) is 28.1 Å². The molecule has 6 nitrogen and oxygen atoms in total. The number of aromatic amines is 1. The first-order valence-electron chi connectivity index (χ1n) is 10.8. The largest absolute Gasteiger partial charge is 0.344 e. The molecule has 0 aliphatic heterocycles. The van der Waals surface area contributed by atoms with Crippen LogP contribution in [0.5, 0.6) is 0 Å². The Hall–Kier alpha value is -4.47. The van der Waals surface area contributed by atoms with Gasteiger partial charge in [-0.2, -0.15) is 5.10 Å². The fourth-order valence-corrected chi connectivity index (χ4v) is 3.73. The van der Waals surface area contributed by atoms with Crippen LogP contribution in [0, 0.1) is 23.3 Å². The molecule has 1 heterocycles. The Balaban J connectivity index is 1.53. The topological polar surface area (TPSA) is 86.9 Å². The van der Waals surface area contributed by atoms with E-state index in [0.29, 0.717) is 17.8 Å². The van der Waals surface area contributed by atoms with Crippen LogP contribution in [0.15, 0.2) is 72.8 Å². The van der Waals surface area contributed by atoms with E-state index in [1.165, 1.54) is 6.92 Å². The van der Waals surface area contributed by atoms with E-state index in [2.05, 4.69) is 20.8 Å². The van der Waals surface area contributed by atoms with Crippen molar-refractivity contribution in [2.24, 2.45) is 0 Å². The lowest BCUT2D eigenvalue weighted by Crippen LogP contribution is -2.44. The quantitative estimate of drug-likeness (QED) is 0.318. The molecule has 4 aromatic rings. The Bertz CT molecular complexity index is 1320. The Morgan fingerprint density at radius 1 is 0.778 bits per heavy atom. The molecular weight excluding hydrogens is 476 g/mol. The molecule has 1 unspecified atom stereocenters. The summed E-state index contributed by atoms with van der Waals surface area (Å²) in [4.78, 5) is 25.8. The number of hydrogen-bond donors (Lipinski definition) is 3. The van der Waals surface area contributed by atoms with Crippen molar-refractivity contribution in [3.05, 3.63) is 107 Å². The highest BCUT2D eigenvalue weighted by atomic mass is 19.1. The second kappa shape index (κ2) is 10.4. The van der Waals surface area contributed by atoms with Crippen LogP contribution in [0.2, 0.25) is 0 Å². The van der Waals surface area contributed by atoms with Gasteiger partial charge in [-0.1, -0.05) is 30.3 Å². The Morgan fingerprint density at radius 3 is 1.83 bits per heavy atom. The molecule has 1 atom stereocenters. The summed E-state index contributed by atoms with van der Waals surface area (Å²) in [6.45, 7) is 1.38. The first-order valence-corrected chi connectivity index (χ1v) is 10.8. The number of carbonyl (C=O) groups is 2. The molecule has 3 N–H and O–H groups in total. The van der Waals surface area contributed by atoms with Gasteiger partial charge in [-0.3, -0.25) is 14.7 Å². The van der Waals surface area contributed by atoms with Gasteiger partial charge >= 0.3 is 0 Å². The van der Waals surface area contributed by atoms with Crippen molar-refractivity contribution in [3.8, 4) is 11.3 Å². The molecule has 0 saturated carbocycles. The van der Waals surface area contributed by atoms with Gasteiger partial charge in [0.25, 0.3) is 0 Å². The number of benzene rings is 3. The number of anilines is 1. The number of halogens is 4. The minimum absolute atomic E-state index is 0.178. The molecule has 0 aliphatic rings. The minimum atomic E-state index is -1.49. The minimum Gasteiger partial charge on any atom is -0.344 e. The molecule has 2 amide bonds. The van der Waals surface area contributed by atoms with Crippen molar-refractivity contribution in [2.45, 2.75) is 18.9 Å². The van der Waals surface area contributed by atoms with Gasteiger partial charge in [-0.05, 0) is 47.9 Å². The number of nitrogens with zero attached hydrogens (tertiary/aromatic N) is 1. The molecule has 36 heavy (non-hydrogen) atoms. The molecule has 0 bridgehead atoms. The average Bonchev–Trinajstić information content (AvgIpc) is 3.27. The van der Waals surface area contributed by atoms with Crippen molar-refractivity contribution >= 4 is 17.6 Å². The molecular formula is C26H20F4N4O2. The first kappa shape index (κ1) is 24.6. The van der Waals surface area contributed by atoms with Gasteiger partial charge in [0.1, 0.15) is 29.3 Å². The summed E-state index contributed by atoms with van der Waals surface area (Å²) in [5, 5.41) is 11.8. The second-order valence-corrected chi connectivity index (χ2v) is 8.09. The standard InChI is InChI=1S/C26H20F4N4O2/c1-14(25(35)32-23-13-22(33-34-23)15-5-3-2-4-6-15)31-26(36)24(16-7-18(27)11-19(28)8-16)17-9-20(29)12-21(30)10-17/h2-14,24H,1H3,(H,31,36)(H2,32,33,34,35). The van der Waals surface area contributed by atoms with Gasteiger partial charge in [-0.25, -0.2) is 17.6 Å². The van der Waals surface area contributed by atoms with Crippen LogP contribution in [-0.2, 0) is 9.59 Å². The molecule has 4 rings (SSSR count). The zero-order valence-electron chi connectivity index (χ0n) is 18.9. The van der Waals surface area contributed by atoms with E-state index in [1.54, 1.807) is 6.07 Å². The van der Waals surface area contributed by atoms with Crippen LogP contribution in [0.25, 0.3) is 11.3 Å². The smallest absolute Gasteiger partial charge is 0.247 e. The second-order valence-electron chi connectivity index (χ2n) is 8.09. The summed E-state index contributed by atoms with van der Waals surface area (Å²) in [5.74, 6) is -6.71. The van der Waals surface area contributed by atoms with Gasteiger partial charge in [0, 0.05) is 18.2 Å². The van der Waals surface area contributed by atoms with Gasteiger partial charge in [0.05, 0.1) is 11.6 Å². The third kappa shape index (κ3) is 5.77. The molecule has 0 aliphatic carbocycles. The lowest BCUT2D eigenvalue weighted by atomic mass is 9.89. The van der Waals surface area contributed by atoms with Crippen molar-refractivity contribution in [3.63, 3.8) is 0 Å². The molecule has 10 heteroatoms. The lowest BCUT2D eigenvalue weighted by molar-refractivity contribution is -0.126. The van der Waals surface area contributed by atoms with Crippen molar-refractivity contribution in [1.82, 2.24) is 15.5 Å². The highest BCUT2D eigenvalue weighted by molar-refractivity contribution is 5.98. The highest BCUT2D eigenvalue weighted by Crippen LogP contribution is 2.28. The molecule has 0 saturated heterocycles. The number of carbonyl (C=O) groups excluding carboxylic acids is 2. The summed E-state index contributed by atoms with van der Waals surface area (Å²) >= 11 is 0. The van der Waals surface area contributed by atoms with Crippen molar-refractivity contribution in [2.75, 3.05) is 5.32 Å². The molecule has 0 spiro atoms. The van der Waals surface area contributed by atoms with E-state index in [4.69, 9.17) is 0 Å². The summed E-state index contributed by atoms with van der Waals surface area (Å²) in [6, 6.07) is 14.5. The number of hydrogen-bond acceptors (Lipinski definition) is 3. The van der Waals surface area contributed by atoms with Gasteiger partial charge in [0.15, 0.2) is 5.82 Å². The first-order chi connectivity index (χ1) is 17.2. The van der Waals surface area contributed by atoms with Crippen molar-refractivity contribution < 1.29 is 27.2 Å². The third-order valence-electron chi connectivity index (χ3n) is 5.36. The molecule has 0 radical (unpaired) electrons. The Morgan fingerprint density at radius 2 is 1.31 bits per heavy atom. The van der Waals surface area contributed by atoms with E-state index >= 15 is 0 Å². The zero-order valence-corrected chi connectivity index (χ0v) is 18.9.